The molecule has 2 N–H and O–H groups in total. The number of anilines is 1. The number of para-hydroxylation sites is 1. The van der Waals surface area contributed by atoms with E-state index in [1.165, 1.54) is 29.5 Å². The summed E-state index contributed by atoms with van der Waals surface area (Å²) in [6, 6.07) is 23.4. The maximum Gasteiger partial charge on any atom is 0.271 e. The molecule has 3 aromatic carbocycles. The van der Waals surface area contributed by atoms with E-state index >= 15 is 0 Å². The number of rotatable bonds is 4. The first-order chi connectivity index (χ1) is 16.0. The number of primary sulfonamides is 1. The number of amides is 1. The summed E-state index contributed by atoms with van der Waals surface area (Å²) in [5, 5.41) is 5.67. The highest BCUT2D eigenvalue weighted by atomic mass is 32.2. The van der Waals surface area contributed by atoms with Crippen LogP contribution in [0.5, 0.6) is 0 Å². The zero-order chi connectivity index (χ0) is 24.5. The molecule has 1 amide bonds. The Morgan fingerprint density at radius 2 is 1.53 bits per heavy atom. The standard InChI is InChI=1S/C26H25N3O3S2/c1-26(2,3)19-11-9-18(10-12-19)17-23-24(30)29(21-7-5-4-6-8-21)25(33-23)28-20-13-15-22(16-14-20)34(27,31)32/h4-17H,1-3H3,(H2,27,31,32). The molecule has 1 aliphatic rings. The molecular weight excluding hydrogens is 466 g/mol. The van der Waals surface area contributed by atoms with Crippen molar-refractivity contribution < 1.29 is 13.2 Å². The number of aliphatic imine (C=N–C) groups is 1. The smallest absolute Gasteiger partial charge is 0.268 e. The van der Waals surface area contributed by atoms with Crippen LogP contribution in [-0.2, 0) is 20.2 Å². The fraction of sp³-hybridized carbons (Fsp3) is 0.154. The molecule has 3 aromatic rings. The van der Waals surface area contributed by atoms with Crippen molar-refractivity contribution in [2.75, 3.05) is 4.90 Å². The average Bonchev–Trinajstić information content (AvgIpc) is 3.08. The van der Waals surface area contributed by atoms with Gasteiger partial charge in [-0.2, -0.15) is 0 Å². The van der Waals surface area contributed by atoms with Crippen molar-refractivity contribution in [1.82, 2.24) is 0 Å². The summed E-state index contributed by atoms with van der Waals surface area (Å²) in [6.45, 7) is 6.48. The first-order valence-electron chi connectivity index (χ1n) is 10.6. The monoisotopic (exact) mass is 491 g/mol. The minimum absolute atomic E-state index is 0.00538. The Morgan fingerprint density at radius 1 is 0.912 bits per heavy atom. The Kier molecular flexibility index (Phi) is 6.49. The van der Waals surface area contributed by atoms with Gasteiger partial charge in [0.05, 0.1) is 21.2 Å². The third kappa shape index (κ3) is 5.30. The largest absolute Gasteiger partial charge is 0.271 e. The molecule has 0 atom stereocenters. The van der Waals surface area contributed by atoms with Gasteiger partial charge in [-0.05, 0) is 70.8 Å². The van der Waals surface area contributed by atoms with Gasteiger partial charge in [-0.25, -0.2) is 18.5 Å². The predicted octanol–water partition coefficient (Wildman–Crippen LogP) is 5.44. The van der Waals surface area contributed by atoms with Crippen LogP contribution in [0, 0.1) is 0 Å². The van der Waals surface area contributed by atoms with Gasteiger partial charge < -0.3 is 0 Å². The maximum absolute atomic E-state index is 13.4. The minimum Gasteiger partial charge on any atom is -0.268 e. The number of nitrogens with two attached hydrogens (primary N) is 1. The minimum atomic E-state index is -3.79. The average molecular weight is 492 g/mol. The van der Waals surface area contributed by atoms with Crippen molar-refractivity contribution in [3.8, 4) is 0 Å². The number of thioether (sulfide) groups is 1. The first-order valence-corrected chi connectivity index (χ1v) is 13.0. The second kappa shape index (κ2) is 9.21. The Labute approximate surface area is 204 Å². The molecule has 0 aromatic heterocycles. The second-order valence-electron chi connectivity index (χ2n) is 8.89. The summed E-state index contributed by atoms with van der Waals surface area (Å²) in [6.07, 6.45) is 1.86. The van der Waals surface area contributed by atoms with Gasteiger partial charge in [-0.15, -0.1) is 0 Å². The summed E-state index contributed by atoms with van der Waals surface area (Å²) in [7, 11) is -3.79. The summed E-state index contributed by atoms with van der Waals surface area (Å²) in [5.41, 5.74) is 3.41. The SMILES string of the molecule is CC(C)(C)c1ccc(C=C2SC(=Nc3ccc(S(N)(=O)=O)cc3)N(c3ccccc3)C2=O)cc1. The molecule has 0 saturated carbocycles. The van der Waals surface area contributed by atoms with Gasteiger partial charge >= 0.3 is 0 Å². The molecule has 4 rings (SSSR count). The van der Waals surface area contributed by atoms with Crippen LogP contribution in [0.3, 0.4) is 0 Å². The van der Waals surface area contributed by atoms with E-state index in [0.717, 1.165) is 5.56 Å². The number of carbonyl (C=O) groups excluding carboxylic acids is 1. The van der Waals surface area contributed by atoms with Gasteiger partial charge in [0.15, 0.2) is 5.17 Å². The van der Waals surface area contributed by atoms with Gasteiger partial charge in [-0.1, -0.05) is 63.2 Å². The van der Waals surface area contributed by atoms with Crippen molar-refractivity contribution in [2.24, 2.45) is 10.1 Å². The van der Waals surface area contributed by atoms with Crippen LogP contribution >= 0.6 is 11.8 Å². The lowest BCUT2D eigenvalue weighted by Crippen LogP contribution is -2.28. The van der Waals surface area contributed by atoms with Gasteiger partial charge in [0.1, 0.15) is 0 Å². The van der Waals surface area contributed by atoms with E-state index in [-0.39, 0.29) is 16.2 Å². The van der Waals surface area contributed by atoms with Crippen LogP contribution in [0.1, 0.15) is 31.9 Å². The topological polar surface area (TPSA) is 92.8 Å². The van der Waals surface area contributed by atoms with Gasteiger partial charge in [0.25, 0.3) is 5.91 Å². The number of nitrogens with zero attached hydrogens (tertiary/aromatic N) is 2. The molecule has 1 fully saturated rings. The number of carbonyl (C=O) groups is 1. The van der Waals surface area contributed by atoms with Crippen LogP contribution in [0.2, 0.25) is 0 Å². The second-order valence-corrected chi connectivity index (χ2v) is 11.5. The quantitative estimate of drug-likeness (QED) is 0.492. The van der Waals surface area contributed by atoms with E-state index in [1.807, 2.05) is 48.5 Å². The molecule has 0 unspecified atom stereocenters. The van der Waals surface area contributed by atoms with Crippen molar-refractivity contribution >= 4 is 50.3 Å². The Balaban J connectivity index is 1.71. The molecule has 1 aliphatic heterocycles. The molecule has 8 heteroatoms. The molecule has 1 heterocycles. The highest BCUT2D eigenvalue weighted by molar-refractivity contribution is 8.19. The van der Waals surface area contributed by atoms with Crippen LogP contribution in [-0.4, -0.2) is 19.5 Å². The molecule has 0 aliphatic carbocycles. The molecule has 1 saturated heterocycles. The summed E-state index contributed by atoms with van der Waals surface area (Å²) in [5.74, 6) is -0.170. The number of hydrogen-bond acceptors (Lipinski definition) is 5. The zero-order valence-electron chi connectivity index (χ0n) is 19.1. The van der Waals surface area contributed by atoms with Crippen molar-refractivity contribution in [1.29, 1.82) is 0 Å². The lowest BCUT2D eigenvalue weighted by Gasteiger charge is -2.18. The van der Waals surface area contributed by atoms with Crippen molar-refractivity contribution in [2.45, 2.75) is 31.1 Å². The molecule has 0 spiro atoms. The van der Waals surface area contributed by atoms with E-state index in [4.69, 9.17) is 5.14 Å². The normalized spacial score (nSPS) is 17.1. The van der Waals surface area contributed by atoms with E-state index in [0.29, 0.717) is 21.4 Å². The third-order valence-electron chi connectivity index (χ3n) is 5.29. The van der Waals surface area contributed by atoms with E-state index in [2.05, 4.69) is 37.9 Å². The highest BCUT2D eigenvalue weighted by Crippen LogP contribution is 2.37. The Hall–Kier alpha value is -3.20. The Morgan fingerprint density at radius 3 is 2.09 bits per heavy atom. The highest BCUT2D eigenvalue weighted by Gasteiger charge is 2.34. The van der Waals surface area contributed by atoms with Gasteiger partial charge in [0, 0.05) is 0 Å². The van der Waals surface area contributed by atoms with Gasteiger partial charge in [0.2, 0.25) is 10.0 Å². The third-order valence-corrected chi connectivity index (χ3v) is 7.18. The van der Waals surface area contributed by atoms with Crippen LogP contribution in [0.4, 0.5) is 11.4 Å². The van der Waals surface area contributed by atoms with Gasteiger partial charge in [-0.3, -0.25) is 9.69 Å². The summed E-state index contributed by atoms with van der Waals surface area (Å²) < 4.78 is 23.1. The number of benzene rings is 3. The summed E-state index contributed by atoms with van der Waals surface area (Å²) in [4.78, 5) is 20.1. The number of amidine groups is 1. The van der Waals surface area contributed by atoms with Crippen LogP contribution in [0.15, 0.2) is 93.7 Å². The first kappa shape index (κ1) is 23.9. The fourth-order valence-electron chi connectivity index (χ4n) is 3.41. The molecule has 34 heavy (non-hydrogen) atoms. The Bertz CT molecular complexity index is 1370. The summed E-state index contributed by atoms with van der Waals surface area (Å²) >= 11 is 1.28. The van der Waals surface area contributed by atoms with E-state index in [1.54, 1.807) is 17.0 Å². The predicted molar refractivity (Wildman–Crippen MR) is 140 cm³/mol. The fourth-order valence-corrected chi connectivity index (χ4v) is 4.92. The molecule has 0 bridgehead atoms. The number of hydrogen-bond donors (Lipinski definition) is 1. The maximum atomic E-state index is 13.4. The molecule has 0 radical (unpaired) electrons. The van der Waals surface area contributed by atoms with E-state index < -0.39 is 10.0 Å². The van der Waals surface area contributed by atoms with Crippen molar-refractivity contribution in [3.63, 3.8) is 0 Å². The molecule has 174 valence electrons. The molecule has 6 nitrogen and oxygen atoms in total. The van der Waals surface area contributed by atoms with Crippen LogP contribution < -0.4 is 10.0 Å². The lowest BCUT2D eigenvalue weighted by molar-refractivity contribution is -0.113. The molecular formula is C26H25N3O3S2. The number of sulfonamides is 1. The lowest BCUT2D eigenvalue weighted by atomic mass is 9.87. The van der Waals surface area contributed by atoms with Crippen molar-refractivity contribution in [3.05, 3.63) is 94.9 Å². The zero-order valence-corrected chi connectivity index (χ0v) is 20.7. The van der Waals surface area contributed by atoms with E-state index in [9.17, 15) is 13.2 Å². The van der Waals surface area contributed by atoms with Crippen LogP contribution in [0.25, 0.3) is 6.08 Å².